The van der Waals surface area contributed by atoms with Crippen LogP contribution in [0, 0.1) is 6.92 Å². The van der Waals surface area contributed by atoms with Gasteiger partial charge in [0, 0.05) is 0 Å². The number of aromatic nitrogens is 1. The lowest BCUT2D eigenvalue weighted by Crippen LogP contribution is -2.12. The van der Waals surface area contributed by atoms with Crippen molar-refractivity contribution in [3.05, 3.63) is 15.6 Å². The van der Waals surface area contributed by atoms with Crippen molar-refractivity contribution in [1.29, 1.82) is 0 Å². The van der Waals surface area contributed by atoms with E-state index in [-0.39, 0.29) is 11.8 Å². The molecule has 0 aliphatic rings. The molecule has 2 N–H and O–H groups in total. The van der Waals surface area contributed by atoms with Gasteiger partial charge in [-0.25, -0.2) is 4.98 Å². The van der Waals surface area contributed by atoms with E-state index in [0.29, 0.717) is 4.88 Å². The Hall–Kier alpha value is -0.900. The van der Waals surface area contributed by atoms with E-state index in [1.165, 1.54) is 11.3 Å². The zero-order valence-electron chi connectivity index (χ0n) is 7.42. The molecule has 1 rings (SSSR count). The van der Waals surface area contributed by atoms with Crippen molar-refractivity contribution in [3.63, 3.8) is 0 Å². The Balaban J connectivity index is 3.17. The van der Waals surface area contributed by atoms with E-state index >= 15 is 0 Å². The third-order valence-electron chi connectivity index (χ3n) is 1.53. The predicted molar refractivity (Wildman–Crippen MR) is 49.5 cm³/mol. The second-order valence-corrected chi connectivity index (χ2v) is 4.17. The third kappa shape index (κ3) is 1.64. The van der Waals surface area contributed by atoms with E-state index in [2.05, 4.69) is 4.98 Å². The van der Waals surface area contributed by atoms with Crippen LogP contribution in [0.25, 0.3) is 0 Å². The molecule has 0 aliphatic heterocycles. The number of carbonyl (C=O) groups is 1. The summed E-state index contributed by atoms with van der Waals surface area (Å²) in [4.78, 5) is 15.8. The van der Waals surface area contributed by atoms with Crippen molar-refractivity contribution in [2.24, 2.45) is 5.73 Å². The summed E-state index contributed by atoms with van der Waals surface area (Å²) in [7, 11) is 0. The number of nitrogens with zero attached hydrogens (tertiary/aromatic N) is 1. The number of rotatable bonds is 2. The zero-order chi connectivity index (χ0) is 9.30. The Morgan fingerprint density at radius 1 is 1.58 bits per heavy atom. The van der Waals surface area contributed by atoms with Gasteiger partial charge in [-0.1, -0.05) is 13.8 Å². The molecule has 1 heterocycles. The molecule has 66 valence electrons. The highest BCUT2D eigenvalue weighted by atomic mass is 32.1. The highest BCUT2D eigenvalue weighted by molar-refractivity contribution is 7.13. The fourth-order valence-corrected chi connectivity index (χ4v) is 1.94. The molecule has 1 aromatic rings. The monoisotopic (exact) mass is 184 g/mol. The molecule has 3 nitrogen and oxygen atoms in total. The lowest BCUT2D eigenvalue weighted by molar-refractivity contribution is 0.100. The molecule has 0 saturated heterocycles. The SMILES string of the molecule is Cc1nc(C(C)C)c(C(N)=O)s1. The first kappa shape index (κ1) is 9.19. The molecule has 12 heavy (non-hydrogen) atoms. The number of hydrogen-bond donors (Lipinski definition) is 1. The van der Waals surface area contributed by atoms with Gasteiger partial charge in [0.15, 0.2) is 0 Å². The third-order valence-corrected chi connectivity index (χ3v) is 2.53. The van der Waals surface area contributed by atoms with Crippen LogP contribution < -0.4 is 5.73 Å². The summed E-state index contributed by atoms with van der Waals surface area (Å²) < 4.78 is 0. The molecule has 1 aromatic heterocycles. The van der Waals surface area contributed by atoms with Crippen molar-refractivity contribution < 1.29 is 4.79 Å². The van der Waals surface area contributed by atoms with Gasteiger partial charge in [-0.3, -0.25) is 4.79 Å². The van der Waals surface area contributed by atoms with Crippen LogP contribution in [0.4, 0.5) is 0 Å². The van der Waals surface area contributed by atoms with Crippen LogP contribution in [0.2, 0.25) is 0 Å². The Kier molecular flexibility index (Phi) is 2.47. The first-order chi connectivity index (χ1) is 5.52. The fourth-order valence-electron chi connectivity index (χ4n) is 1.01. The van der Waals surface area contributed by atoms with Gasteiger partial charge >= 0.3 is 0 Å². The average molecular weight is 184 g/mol. The van der Waals surface area contributed by atoms with Crippen LogP contribution in [0.5, 0.6) is 0 Å². The minimum Gasteiger partial charge on any atom is -0.365 e. The van der Waals surface area contributed by atoms with E-state index < -0.39 is 0 Å². The molecule has 0 atom stereocenters. The van der Waals surface area contributed by atoms with Gasteiger partial charge in [0.05, 0.1) is 10.7 Å². The molecule has 0 aliphatic carbocycles. The second-order valence-electron chi connectivity index (χ2n) is 2.97. The molecular weight excluding hydrogens is 172 g/mol. The lowest BCUT2D eigenvalue weighted by Gasteiger charge is -2.00. The normalized spacial score (nSPS) is 10.7. The highest BCUT2D eigenvalue weighted by Crippen LogP contribution is 2.23. The van der Waals surface area contributed by atoms with Gasteiger partial charge in [0.1, 0.15) is 4.88 Å². The van der Waals surface area contributed by atoms with Gasteiger partial charge in [-0.2, -0.15) is 0 Å². The Bertz CT molecular complexity index is 304. The van der Waals surface area contributed by atoms with Gasteiger partial charge in [-0.05, 0) is 12.8 Å². The summed E-state index contributed by atoms with van der Waals surface area (Å²) in [6.45, 7) is 5.88. The number of aryl methyl sites for hydroxylation is 1. The summed E-state index contributed by atoms with van der Waals surface area (Å²) >= 11 is 1.37. The van der Waals surface area contributed by atoms with E-state index in [1.807, 2.05) is 20.8 Å². The van der Waals surface area contributed by atoms with Crippen LogP contribution in [0.3, 0.4) is 0 Å². The summed E-state index contributed by atoms with van der Waals surface area (Å²) in [6.07, 6.45) is 0. The highest BCUT2D eigenvalue weighted by Gasteiger charge is 2.15. The summed E-state index contributed by atoms with van der Waals surface area (Å²) in [5, 5.41) is 0.896. The quantitative estimate of drug-likeness (QED) is 0.760. The van der Waals surface area contributed by atoms with Crippen LogP contribution in [-0.2, 0) is 0 Å². The maximum atomic E-state index is 10.9. The predicted octanol–water partition coefficient (Wildman–Crippen LogP) is 1.67. The summed E-state index contributed by atoms with van der Waals surface area (Å²) in [6, 6.07) is 0. The van der Waals surface area contributed by atoms with Gasteiger partial charge < -0.3 is 5.73 Å². The molecule has 0 radical (unpaired) electrons. The Morgan fingerprint density at radius 2 is 2.17 bits per heavy atom. The molecule has 0 spiro atoms. The topological polar surface area (TPSA) is 56.0 Å². The van der Waals surface area contributed by atoms with E-state index in [0.717, 1.165) is 10.7 Å². The van der Waals surface area contributed by atoms with Crippen molar-refractivity contribution in [2.75, 3.05) is 0 Å². The number of nitrogens with two attached hydrogens (primary N) is 1. The fraction of sp³-hybridized carbons (Fsp3) is 0.500. The minimum absolute atomic E-state index is 0.262. The molecule has 0 fully saturated rings. The Labute approximate surface area is 75.6 Å². The first-order valence-corrected chi connectivity index (χ1v) is 4.61. The lowest BCUT2D eigenvalue weighted by atomic mass is 10.1. The largest absolute Gasteiger partial charge is 0.365 e. The molecule has 0 unspecified atom stereocenters. The number of primary amides is 1. The van der Waals surface area contributed by atoms with Crippen LogP contribution in [0.1, 0.15) is 40.1 Å². The first-order valence-electron chi connectivity index (χ1n) is 3.79. The maximum Gasteiger partial charge on any atom is 0.260 e. The number of hydrogen-bond acceptors (Lipinski definition) is 3. The van der Waals surface area contributed by atoms with E-state index in [4.69, 9.17) is 5.73 Å². The second kappa shape index (κ2) is 3.23. The van der Waals surface area contributed by atoms with E-state index in [1.54, 1.807) is 0 Å². The van der Waals surface area contributed by atoms with Crippen molar-refractivity contribution >= 4 is 17.2 Å². The molecule has 0 bridgehead atoms. The molecule has 4 heteroatoms. The molecule has 0 aromatic carbocycles. The van der Waals surface area contributed by atoms with E-state index in [9.17, 15) is 4.79 Å². The van der Waals surface area contributed by atoms with Crippen molar-refractivity contribution in [1.82, 2.24) is 4.98 Å². The number of amides is 1. The van der Waals surface area contributed by atoms with Crippen LogP contribution in [0.15, 0.2) is 0 Å². The van der Waals surface area contributed by atoms with Crippen LogP contribution in [-0.4, -0.2) is 10.9 Å². The van der Waals surface area contributed by atoms with Crippen LogP contribution >= 0.6 is 11.3 Å². The molecular formula is C8H12N2OS. The number of carbonyl (C=O) groups excluding carboxylic acids is 1. The zero-order valence-corrected chi connectivity index (χ0v) is 8.23. The average Bonchev–Trinajstić information content (AvgIpc) is 2.31. The van der Waals surface area contributed by atoms with Gasteiger partial charge in [0.25, 0.3) is 5.91 Å². The summed E-state index contributed by atoms with van der Waals surface area (Å²) in [5.41, 5.74) is 6.02. The van der Waals surface area contributed by atoms with Crippen molar-refractivity contribution in [2.45, 2.75) is 26.7 Å². The number of thiazole rings is 1. The summed E-state index contributed by atoms with van der Waals surface area (Å²) in [5.74, 6) is -0.109. The minimum atomic E-state index is -0.371. The maximum absolute atomic E-state index is 10.9. The standard InChI is InChI=1S/C8H12N2OS/c1-4(2)6-7(8(9)11)12-5(3)10-6/h4H,1-3H3,(H2,9,11). The van der Waals surface area contributed by atoms with Gasteiger partial charge in [0.2, 0.25) is 0 Å². The molecule has 0 saturated carbocycles. The smallest absolute Gasteiger partial charge is 0.260 e. The van der Waals surface area contributed by atoms with Gasteiger partial charge in [-0.15, -0.1) is 11.3 Å². The van der Waals surface area contributed by atoms with Crippen molar-refractivity contribution in [3.8, 4) is 0 Å². The molecule has 1 amide bonds. The Morgan fingerprint density at radius 3 is 2.50 bits per heavy atom.